The van der Waals surface area contributed by atoms with Crippen molar-refractivity contribution in [3.8, 4) is 0 Å². The van der Waals surface area contributed by atoms with Gasteiger partial charge in [-0.3, -0.25) is 19.2 Å². The molecule has 0 spiro atoms. The molecular formula is C22H44ClN3O9. The summed E-state index contributed by atoms with van der Waals surface area (Å²) < 4.78 is 22.3. The maximum absolute atomic E-state index is 10.6. The highest BCUT2D eigenvalue weighted by molar-refractivity contribution is 6.18. The minimum Gasteiger partial charge on any atom is -0.469 e. The van der Waals surface area contributed by atoms with E-state index in [-0.39, 0.29) is 36.7 Å². The first kappa shape index (κ1) is 37.6. The number of rotatable bonds is 14. The summed E-state index contributed by atoms with van der Waals surface area (Å²) in [5.74, 6) is -0.400. The second kappa shape index (κ2) is 30.0. The number of nitrogens with one attached hydrogen (secondary N) is 1. The normalized spacial score (nSPS) is 12.7. The molecule has 0 aromatic carbocycles. The monoisotopic (exact) mass is 529 g/mol. The second-order valence-corrected chi connectivity index (χ2v) is 7.11. The summed E-state index contributed by atoms with van der Waals surface area (Å²) in [4.78, 5) is 42.2. The first-order chi connectivity index (χ1) is 16.7. The van der Waals surface area contributed by atoms with E-state index in [1.54, 1.807) is 0 Å². The van der Waals surface area contributed by atoms with Gasteiger partial charge in [0.15, 0.2) is 0 Å². The summed E-state index contributed by atoms with van der Waals surface area (Å²) in [6.07, 6.45) is 3.50. The standard InChI is InChI=1S/C8H14O4.C7H12O4.C4H13N3.C3H5ClO/c1-11-7(9)5-3-4-6-8(10)12-2;1-10-6(8)4-3-5-7(9)11-2;5-1-3-7-4-2-6;4-1-3-2-5-3/h3-6H2,1-2H3;3-5H2,1-2H3;7H,1-6H2;3H,1-2H2. The number of carbonyl (C=O) groups excluding carboxylic acids is 4. The molecule has 1 unspecified atom stereocenters. The third-order valence-corrected chi connectivity index (χ3v) is 4.25. The van der Waals surface area contributed by atoms with Gasteiger partial charge in [0.05, 0.1) is 47.0 Å². The molecule has 13 heteroatoms. The molecule has 1 aliphatic heterocycles. The van der Waals surface area contributed by atoms with Gasteiger partial charge in [-0.25, -0.2) is 0 Å². The van der Waals surface area contributed by atoms with Gasteiger partial charge < -0.3 is 40.5 Å². The third kappa shape index (κ3) is 36.7. The molecule has 1 rings (SSSR count). The molecule has 12 nitrogen and oxygen atoms in total. The molecule has 0 bridgehead atoms. The molecule has 0 saturated carbocycles. The Bertz CT molecular complexity index is 498. The number of nitrogens with two attached hydrogens (primary N) is 2. The molecule has 5 N–H and O–H groups in total. The third-order valence-electron chi connectivity index (χ3n) is 3.90. The van der Waals surface area contributed by atoms with Crippen molar-refractivity contribution in [2.75, 3.05) is 67.1 Å². The van der Waals surface area contributed by atoms with Gasteiger partial charge in [0.1, 0.15) is 0 Å². The van der Waals surface area contributed by atoms with Gasteiger partial charge in [-0.05, 0) is 19.3 Å². The fraction of sp³-hybridized carbons (Fsp3) is 0.818. The zero-order valence-electron chi connectivity index (χ0n) is 21.5. The lowest BCUT2D eigenvalue weighted by Crippen LogP contribution is -2.27. The summed E-state index contributed by atoms with van der Waals surface area (Å²) >= 11 is 5.27. The summed E-state index contributed by atoms with van der Waals surface area (Å²) in [5.41, 5.74) is 10.3. The van der Waals surface area contributed by atoms with Crippen molar-refractivity contribution in [3.05, 3.63) is 0 Å². The molecule has 1 fully saturated rings. The Balaban J connectivity index is -0.000000408. The van der Waals surface area contributed by atoms with E-state index in [1.807, 2.05) is 0 Å². The lowest BCUT2D eigenvalue weighted by atomic mass is 10.2. The molecule has 0 aromatic heterocycles. The van der Waals surface area contributed by atoms with Crippen LogP contribution in [0.4, 0.5) is 0 Å². The highest BCUT2D eigenvalue weighted by atomic mass is 35.5. The van der Waals surface area contributed by atoms with E-state index in [0.29, 0.717) is 57.2 Å². The Labute approximate surface area is 213 Å². The maximum Gasteiger partial charge on any atom is 0.305 e. The highest BCUT2D eigenvalue weighted by Gasteiger charge is 2.19. The minimum absolute atomic E-state index is 0.236. The molecule has 1 heterocycles. The van der Waals surface area contributed by atoms with Crippen LogP contribution in [0.3, 0.4) is 0 Å². The lowest BCUT2D eigenvalue weighted by Gasteiger charge is -1.98. The van der Waals surface area contributed by atoms with Crippen molar-refractivity contribution in [3.63, 3.8) is 0 Å². The van der Waals surface area contributed by atoms with Crippen molar-refractivity contribution < 1.29 is 42.9 Å². The van der Waals surface area contributed by atoms with E-state index in [4.69, 9.17) is 27.8 Å². The van der Waals surface area contributed by atoms with Crippen LogP contribution in [0.5, 0.6) is 0 Å². The molecule has 208 valence electrons. The number of epoxide rings is 1. The fourth-order valence-corrected chi connectivity index (χ4v) is 1.99. The van der Waals surface area contributed by atoms with Crippen molar-refractivity contribution >= 4 is 35.5 Å². The Morgan fingerprint density at radius 3 is 1.26 bits per heavy atom. The maximum atomic E-state index is 10.6. The van der Waals surface area contributed by atoms with Gasteiger partial charge >= 0.3 is 23.9 Å². The Kier molecular flexibility index (Phi) is 32.2. The van der Waals surface area contributed by atoms with Crippen LogP contribution in [-0.4, -0.2) is 97.1 Å². The smallest absolute Gasteiger partial charge is 0.305 e. The summed E-state index contributed by atoms with van der Waals surface area (Å²) in [6, 6.07) is 0. The molecule has 0 amide bonds. The molecular weight excluding hydrogens is 486 g/mol. The Morgan fingerprint density at radius 2 is 1.06 bits per heavy atom. The van der Waals surface area contributed by atoms with Crippen LogP contribution in [-0.2, 0) is 42.9 Å². The predicted molar refractivity (Wildman–Crippen MR) is 132 cm³/mol. The first-order valence-electron chi connectivity index (χ1n) is 11.3. The Hall–Kier alpha value is -1.99. The SMILES string of the molecule is COC(=O)CCCC(=O)OC.COC(=O)CCCCC(=O)OC.ClCC1CO1.NCCNCCN. The largest absolute Gasteiger partial charge is 0.469 e. The molecule has 1 atom stereocenters. The van der Waals surface area contributed by atoms with E-state index in [0.717, 1.165) is 19.7 Å². The van der Waals surface area contributed by atoms with Gasteiger partial charge in [0.25, 0.3) is 0 Å². The number of alkyl halides is 1. The molecule has 1 saturated heterocycles. The van der Waals surface area contributed by atoms with Gasteiger partial charge in [0.2, 0.25) is 0 Å². The van der Waals surface area contributed by atoms with Crippen LogP contribution in [0.25, 0.3) is 0 Å². The number of ether oxygens (including phenoxy) is 5. The number of halogens is 1. The van der Waals surface area contributed by atoms with Crippen LogP contribution in [0, 0.1) is 0 Å². The number of hydrogen-bond acceptors (Lipinski definition) is 12. The van der Waals surface area contributed by atoms with Crippen molar-refractivity contribution in [2.24, 2.45) is 11.5 Å². The zero-order valence-corrected chi connectivity index (χ0v) is 22.2. The van der Waals surface area contributed by atoms with Crippen LogP contribution in [0.1, 0.15) is 44.9 Å². The van der Waals surface area contributed by atoms with Gasteiger partial charge in [-0.1, -0.05) is 0 Å². The average Bonchev–Trinajstić information content (AvgIpc) is 3.72. The zero-order chi connectivity index (χ0) is 27.3. The van der Waals surface area contributed by atoms with Crippen molar-refractivity contribution in [1.29, 1.82) is 0 Å². The molecule has 35 heavy (non-hydrogen) atoms. The summed E-state index contributed by atoms with van der Waals surface area (Å²) in [7, 11) is 5.34. The number of unbranched alkanes of at least 4 members (excludes halogenated alkanes) is 1. The number of methoxy groups -OCH3 is 4. The van der Waals surface area contributed by atoms with Gasteiger partial charge in [-0.15, -0.1) is 11.6 Å². The average molecular weight is 530 g/mol. The van der Waals surface area contributed by atoms with E-state index in [9.17, 15) is 19.2 Å². The molecule has 0 radical (unpaired) electrons. The predicted octanol–water partition coefficient (Wildman–Crippen LogP) is 0.513. The van der Waals surface area contributed by atoms with Crippen LogP contribution < -0.4 is 16.8 Å². The topological polar surface area (TPSA) is 182 Å². The first-order valence-corrected chi connectivity index (χ1v) is 11.8. The second-order valence-electron chi connectivity index (χ2n) is 6.80. The van der Waals surface area contributed by atoms with E-state index >= 15 is 0 Å². The van der Waals surface area contributed by atoms with Crippen LogP contribution in [0.2, 0.25) is 0 Å². The Morgan fingerprint density at radius 1 is 0.743 bits per heavy atom. The number of esters is 4. The summed E-state index contributed by atoms with van der Waals surface area (Å²) in [5, 5.41) is 3.03. The number of hydrogen-bond donors (Lipinski definition) is 3. The minimum atomic E-state index is -0.297. The summed E-state index contributed by atoms with van der Waals surface area (Å²) in [6.45, 7) is 4.01. The van der Waals surface area contributed by atoms with Crippen LogP contribution in [0.15, 0.2) is 0 Å². The number of carbonyl (C=O) groups is 4. The molecule has 0 aliphatic carbocycles. The van der Waals surface area contributed by atoms with Crippen molar-refractivity contribution in [1.82, 2.24) is 5.32 Å². The quantitative estimate of drug-likeness (QED) is 0.0933. The highest BCUT2D eigenvalue weighted by Crippen LogP contribution is 2.08. The van der Waals surface area contributed by atoms with Gasteiger partial charge in [0, 0.05) is 51.9 Å². The molecule has 0 aromatic rings. The van der Waals surface area contributed by atoms with E-state index < -0.39 is 0 Å². The van der Waals surface area contributed by atoms with E-state index in [2.05, 4.69) is 24.3 Å². The van der Waals surface area contributed by atoms with Crippen molar-refractivity contribution in [2.45, 2.75) is 51.0 Å². The van der Waals surface area contributed by atoms with Gasteiger partial charge in [-0.2, -0.15) is 0 Å². The molecule has 1 aliphatic rings. The fourth-order valence-electron chi connectivity index (χ4n) is 1.81. The van der Waals surface area contributed by atoms with E-state index in [1.165, 1.54) is 28.4 Å². The lowest BCUT2D eigenvalue weighted by molar-refractivity contribution is -0.143. The van der Waals surface area contributed by atoms with Crippen LogP contribution >= 0.6 is 11.6 Å².